The van der Waals surface area contributed by atoms with Gasteiger partial charge in [0, 0.05) is 9.92 Å². The summed E-state index contributed by atoms with van der Waals surface area (Å²) < 4.78 is 0. The molecule has 0 saturated carbocycles. The quantitative estimate of drug-likeness (QED) is 0.703. The Hall–Kier alpha value is -1.18. The monoisotopic (exact) mass is 213 g/mol. The molecule has 3 nitrogen and oxygen atoms in total. The third-order valence-electron chi connectivity index (χ3n) is 1.43. The molecule has 0 spiro atoms. The van der Waals surface area contributed by atoms with E-state index in [-0.39, 0.29) is 21.0 Å². The highest BCUT2D eigenvalue weighted by Crippen LogP contribution is 2.23. The van der Waals surface area contributed by atoms with Crippen molar-refractivity contribution >= 4 is 30.2 Å². The second-order valence-corrected chi connectivity index (χ2v) is 3.15. The zero-order valence-electron chi connectivity index (χ0n) is 6.28. The van der Waals surface area contributed by atoms with Crippen molar-refractivity contribution < 1.29 is 9.90 Å². The number of nitriles is 1. The maximum Gasteiger partial charge on any atom is 0.336 e. The minimum atomic E-state index is -1.15. The first kappa shape index (κ1) is 9.90. The van der Waals surface area contributed by atoms with Crippen molar-refractivity contribution in [1.82, 2.24) is 0 Å². The lowest BCUT2D eigenvalue weighted by Gasteiger charge is -2.01. The number of carboxylic acid groups (broad SMARTS) is 1. The van der Waals surface area contributed by atoms with Crippen LogP contribution in [0.3, 0.4) is 0 Å². The minimum Gasteiger partial charge on any atom is -0.478 e. The number of halogens is 1. The van der Waals surface area contributed by atoms with Gasteiger partial charge in [-0.1, -0.05) is 11.6 Å². The van der Waals surface area contributed by atoms with Crippen LogP contribution in [0.15, 0.2) is 17.0 Å². The number of rotatable bonds is 1. The molecule has 0 aliphatic carbocycles. The minimum absolute atomic E-state index is 0.0626. The van der Waals surface area contributed by atoms with Gasteiger partial charge >= 0.3 is 5.97 Å². The van der Waals surface area contributed by atoms with Crippen LogP contribution in [0.2, 0.25) is 5.02 Å². The van der Waals surface area contributed by atoms with Crippen LogP contribution in [-0.4, -0.2) is 11.1 Å². The van der Waals surface area contributed by atoms with Crippen molar-refractivity contribution in [3.63, 3.8) is 0 Å². The van der Waals surface area contributed by atoms with Crippen LogP contribution in [0.1, 0.15) is 15.9 Å². The van der Waals surface area contributed by atoms with Crippen molar-refractivity contribution in [3.05, 3.63) is 28.3 Å². The number of carboxylic acids is 1. The van der Waals surface area contributed by atoms with Gasteiger partial charge in [0.15, 0.2) is 0 Å². The van der Waals surface area contributed by atoms with Crippen LogP contribution in [0.25, 0.3) is 0 Å². The molecule has 1 aromatic carbocycles. The summed E-state index contributed by atoms with van der Waals surface area (Å²) in [6.45, 7) is 0. The average Bonchev–Trinajstić information content (AvgIpc) is 2.08. The van der Waals surface area contributed by atoms with E-state index in [2.05, 4.69) is 12.6 Å². The number of hydrogen-bond donors (Lipinski definition) is 2. The molecule has 0 saturated heterocycles. The molecule has 0 fully saturated rings. The predicted molar refractivity (Wildman–Crippen MR) is 50.4 cm³/mol. The highest BCUT2D eigenvalue weighted by Gasteiger charge is 2.12. The van der Waals surface area contributed by atoms with Gasteiger partial charge in [0.05, 0.1) is 11.1 Å². The van der Waals surface area contributed by atoms with Crippen molar-refractivity contribution in [2.75, 3.05) is 0 Å². The molecular weight excluding hydrogens is 210 g/mol. The summed E-state index contributed by atoms with van der Waals surface area (Å²) in [5.74, 6) is -1.15. The van der Waals surface area contributed by atoms with Gasteiger partial charge in [0.2, 0.25) is 0 Å². The molecule has 0 aliphatic heterocycles. The van der Waals surface area contributed by atoms with E-state index in [0.29, 0.717) is 0 Å². The second kappa shape index (κ2) is 3.69. The Morgan fingerprint density at radius 2 is 2.23 bits per heavy atom. The second-order valence-electron chi connectivity index (χ2n) is 2.27. The van der Waals surface area contributed by atoms with E-state index in [4.69, 9.17) is 22.0 Å². The molecule has 1 aromatic rings. The molecule has 0 heterocycles. The van der Waals surface area contributed by atoms with Gasteiger partial charge in [0.1, 0.15) is 6.07 Å². The van der Waals surface area contributed by atoms with E-state index in [0.717, 1.165) is 0 Å². The molecule has 0 unspecified atom stereocenters. The molecule has 0 aliphatic rings. The van der Waals surface area contributed by atoms with E-state index in [1.54, 1.807) is 0 Å². The topological polar surface area (TPSA) is 61.1 Å². The maximum atomic E-state index is 10.6. The number of aromatic carboxylic acids is 1. The molecule has 1 N–H and O–H groups in total. The summed E-state index contributed by atoms with van der Waals surface area (Å²) in [5, 5.41) is 17.5. The normalized spacial score (nSPS) is 9.31. The van der Waals surface area contributed by atoms with Crippen molar-refractivity contribution in [1.29, 1.82) is 5.26 Å². The van der Waals surface area contributed by atoms with Crippen LogP contribution in [0, 0.1) is 11.3 Å². The average molecular weight is 214 g/mol. The number of thiol groups is 1. The fraction of sp³-hybridized carbons (Fsp3) is 0. The number of carbonyl (C=O) groups is 1. The summed E-state index contributed by atoms with van der Waals surface area (Å²) in [5.41, 5.74) is 0.0978. The van der Waals surface area contributed by atoms with Crippen LogP contribution in [0.5, 0.6) is 0 Å². The van der Waals surface area contributed by atoms with Gasteiger partial charge < -0.3 is 5.11 Å². The molecule has 0 amide bonds. The highest BCUT2D eigenvalue weighted by atomic mass is 35.5. The van der Waals surface area contributed by atoms with E-state index >= 15 is 0 Å². The van der Waals surface area contributed by atoms with Crippen molar-refractivity contribution in [3.8, 4) is 6.07 Å². The van der Waals surface area contributed by atoms with E-state index in [9.17, 15) is 4.79 Å². The van der Waals surface area contributed by atoms with Crippen LogP contribution in [-0.2, 0) is 0 Å². The molecule has 1 rings (SSSR count). The molecular formula is C8H4ClNO2S. The largest absolute Gasteiger partial charge is 0.478 e. The Morgan fingerprint density at radius 3 is 2.69 bits per heavy atom. The first-order valence-corrected chi connectivity index (χ1v) is 4.04. The summed E-state index contributed by atoms with van der Waals surface area (Å²) >= 11 is 9.51. The molecule has 0 radical (unpaired) electrons. The zero-order valence-corrected chi connectivity index (χ0v) is 7.93. The third kappa shape index (κ3) is 1.94. The van der Waals surface area contributed by atoms with Gasteiger partial charge in [-0.15, -0.1) is 12.6 Å². The van der Waals surface area contributed by atoms with Crippen LogP contribution < -0.4 is 0 Å². The first-order valence-electron chi connectivity index (χ1n) is 3.22. The lowest BCUT2D eigenvalue weighted by atomic mass is 10.1. The van der Waals surface area contributed by atoms with Crippen molar-refractivity contribution in [2.45, 2.75) is 4.90 Å². The van der Waals surface area contributed by atoms with Gasteiger partial charge in [-0.25, -0.2) is 4.79 Å². The maximum absolute atomic E-state index is 10.6. The van der Waals surface area contributed by atoms with Crippen LogP contribution in [0.4, 0.5) is 0 Å². The standard InChI is InChI=1S/C8H4ClNO2S/c9-5-1-4(3-10)7(13)6(2-5)8(11)12/h1-2,13H,(H,11,12). The number of nitrogens with zero attached hydrogens (tertiary/aromatic N) is 1. The summed E-state index contributed by atoms with van der Waals surface area (Å²) in [6, 6.07) is 4.44. The smallest absolute Gasteiger partial charge is 0.336 e. The Morgan fingerprint density at radius 1 is 1.62 bits per heavy atom. The Balaban J connectivity index is 3.47. The summed E-state index contributed by atoms with van der Waals surface area (Å²) in [7, 11) is 0. The molecule has 0 atom stereocenters. The van der Waals surface area contributed by atoms with E-state index in [1.807, 2.05) is 6.07 Å². The number of benzene rings is 1. The SMILES string of the molecule is N#Cc1cc(Cl)cc(C(=O)O)c1S. The molecule has 5 heteroatoms. The van der Waals surface area contributed by atoms with Gasteiger partial charge in [0.25, 0.3) is 0 Å². The van der Waals surface area contributed by atoms with E-state index in [1.165, 1.54) is 12.1 Å². The van der Waals surface area contributed by atoms with Gasteiger partial charge in [-0.3, -0.25) is 0 Å². The predicted octanol–water partition coefficient (Wildman–Crippen LogP) is 2.20. The molecule has 13 heavy (non-hydrogen) atoms. The molecule has 66 valence electrons. The number of hydrogen-bond acceptors (Lipinski definition) is 3. The fourth-order valence-corrected chi connectivity index (χ4v) is 1.34. The highest BCUT2D eigenvalue weighted by molar-refractivity contribution is 7.80. The van der Waals surface area contributed by atoms with Crippen LogP contribution >= 0.6 is 24.2 Å². The zero-order chi connectivity index (χ0) is 10.0. The third-order valence-corrected chi connectivity index (χ3v) is 2.13. The van der Waals surface area contributed by atoms with Gasteiger partial charge in [-0.05, 0) is 12.1 Å². The summed E-state index contributed by atoms with van der Waals surface area (Å²) in [4.78, 5) is 10.8. The van der Waals surface area contributed by atoms with Gasteiger partial charge in [-0.2, -0.15) is 5.26 Å². The Kier molecular flexibility index (Phi) is 2.81. The Bertz CT molecular complexity index is 411. The fourth-order valence-electron chi connectivity index (χ4n) is 0.847. The lowest BCUT2D eigenvalue weighted by Crippen LogP contribution is -1.99. The van der Waals surface area contributed by atoms with Crippen molar-refractivity contribution in [2.24, 2.45) is 0 Å². The summed E-state index contributed by atoms with van der Waals surface area (Å²) in [6.07, 6.45) is 0. The molecule has 0 aromatic heterocycles. The van der Waals surface area contributed by atoms with E-state index < -0.39 is 5.97 Å². The lowest BCUT2D eigenvalue weighted by molar-refractivity contribution is 0.0693. The first-order chi connectivity index (χ1) is 6.06. The Labute approximate surface area is 85.0 Å². The molecule has 0 bridgehead atoms.